The molecule has 2 heterocycles. The minimum absolute atomic E-state index is 0.184. The summed E-state index contributed by atoms with van der Waals surface area (Å²) in [4.78, 5) is 0. The molecular weight excluding hydrogens is 385 g/mol. The van der Waals surface area contributed by atoms with Crippen molar-refractivity contribution < 1.29 is 4.74 Å². The van der Waals surface area contributed by atoms with E-state index in [-0.39, 0.29) is 5.16 Å². The van der Waals surface area contributed by atoms with Crippen LogP contribution in [0.5, 0.6) is 5.75 Å². The fourth-order valence-electron chi connectivity index (χ4n) is 4.17. The van der Waals surface area contributed by atoms with Gasteiger partial charge in [0, 0.05) is 5.30 Å². The van der Waals surface area contributed by atoms with Gasteiger partial charge in [0.1, 0.15) is 12.1 Å². The van der Waals surface area contributed by atoms with Crippen LogP contribution in [-0.4, -0.2) is 16.1 Å². The van der Waals surface area contributed by atoms with E-state index in [9.17, 15) is 0 Å². The average molecular weight is 411 g/mol. The van der Waals surface area contributed by atoms with Gasteiger partial charge in [0.25, 0.3) is 0 Å². The number of aromatic nitrogens is 1. The van der Waals surface area contributed by atoms with Crippen molar-refractivity contribution in [2.24, 2.45) is 0 Å². The number of nitrogens with zero attached hydrogens (tertiary/aromatic N) is 1. The number of ether oxygens (including phenoxy) is 1. The van der Waals surface area contributed by atoms with Gasteiger partial charge >= 0.3 is 0 Å². The molecule has 0 N–H and O–H groups in total. The third kappa shape index (κ3) is 3.26. The van der Waals surface area contributed by atoms with Gasteiger partial charge in [0.05, 0.1) is 17.1 Å². The summed E-state index contributed by atoms with van der Waals surface area (Å²) in [6.07, 6.45) is 0.799. The number of hydrogen-bond donors (Lipinski definition) is 0. The van der Waals surface area contributed by atoms with Gasteiger partial charge in [0.15, 0.2) is 0 Å². The van der Waals surface area contributed by atoms with Crippen LogP contribution in [0.15, 0.2) is 91.0 Å². The first-order valence-electron chi connectivity index (χ1n) is 10.4. The molecular formula is C27H26NOP. The van der Waals surface area contributed by atoms with Crippen molar-refractivity contribution in [3.63, 3.8) is 0 Å². The normalized spacial score (nSPS) is 15.6. The first-order valence-corrected chi connectivity index (χ1v) is 11.9. The van der Waals surface area contributed by atoms with E-state index in [1.807, 2.05) is 0 Å². The summed E-state index contributed by atoms with van der Waals surface area (Å²) < 4.78 is 8.61. The van der Waals surface area contributed by atoms with Crippen LogP contribution in [0.1, 0.15) is 20.8 Å². The number of benzene rings is 3. The summed E-state index contributed by atoms with van der Waals surface area (Å²) in [6, 6.07) is 32.3. The van der Waals surface area contributed by atoms with E-state index in [0.29, 0.717) is 0 Å². The zero-order valence-electron chi connectivity index (χ0n) is 17.7. The molecule has 0 spiro atoms. The number of fused-ring (bicyclic) bond motifs is 1. The number of hydrogen-bond acceptors (Lipinski definition) is 1. The van der Waals surface area contributed by atoms with Gasteiger partial charge in [-0.1, -0.05) is 87.5 Å². The zero-order valence-corrected chi connectivity index (χ0v) is 18.6. The molecule has 0 radical (unpaired) electrons. The van der Waals surface area contributed by atoms with Crippen molar-refractivity contribution in [2.75, 3.05) is 6.35 Å². The predicted octanol–water partition coefficient (Wildman–Crippen LogP) is 7.07. The quantitative estimate of drug-likeness (QED) is 0.329. The largest absolute Gasteiger partial charge is 0.488 e. The van der Waals surface area contributed by atoms with Crippen LogP contribution >= 0.6 is 7.92 Å². The predicted molar refractivity (Wildman–Crippen MR) is 128 cm³/mol. The first-order chi connectivity index (χ1) is 14.5. The molecule has 3 aromatic carbocycles. The van der Waals surface area contributed by atoms with Gasteiger partial charge in [-0.3, -0.25) is 0 Å². The SMILES string of the molecule is CC(C)(C)[P@@]1COc2cccc(-n3c(-c4ccccc4)ccc3-c3ccccc3)c21. The van der Waals surface area contributed by atoms with Crippen molar-refractivity contribution in [3.05, 3.63) is 91.0 Å². The molecule has 1 aromatic heterocycles. The van der Waals surface area contributed by atoms with Crippen molar-refractivity contribution in [1.82, 2.24) is 4.57 Å². The maximum Gasteiger partial charge on any atom is 0.129 e. The lowest BCUT2D eigenvalue weighted by molar-refractivity contribution is 0.400. The maximum atomic E-state index is 6.18. The van der Waals surface area contributed by atoms with E-state index >= 15 is 0 Å². The standard InChI is InChI=1S/C27H26NOP/c1-27(2,3)30-19-29-25-16-10-15-24(26(25)30)28-22(20-11-6-4-7-12-20)17-18-23(28)21-13-8-5-9-14-21/h4-18H,19H2,1-3H3/t30-/m0/s1. The van der Waals surface area contributed by atoms with E-state index in [1.165, 1.54) is 33.5 Å². The molecule has 1 atom stereocenters. The van der Waals surface area contributed by atoms with Crippen molar-refractivity contribution in [1.29, 1.82) is 0 Å². The van der Waals surface area contributed by atoms with E-state index in [1.54, 1.807) is 0 Å². The molecule has 1 aliphatic rings. The molecule has 0 fully saturated rings. The van der Waals surface area contributed by atoms with Crippen LogP contribution < -0.4 is 10.0 Å². The smallest absolute Gasteiger partial charge is 0.129 e. The summed E-state index contributed by atoms with van der Waals surface area (Å²) in [5, 5.41) is 1.56. The Labute approximate surface area is 179 Å². The Morgan fingerprint density at radius 1 is 0.700 bits per heavy atom. The van der Waals surface area contributed by atoms with E-state index < -0.39 is 7.92 Å². The molecule has 5 rings (SSSR count). The fraction of sp³-hybridized carbons (Fsp3) is 0.185. The van der Waals surface area contributed by atoms with Gasteiger partial charge in [-0.25, -0.2) is 0 Å². The molecule has 0 aliphatic carbocycles. The molecule has 0 bridgehead atoms. The van der Waals surface area contributed by atoms with Gasteiger partial charge < -0.3 is 9.30 Å². The van der Waals surface area contributed by atoms with Crippen molar-refractivity contribution in [2.45, 2.75) is 25.9 Å². The third-order valence-electron chi connectivity index (χ3n) is 5.67. The van der Waals surface area contributed by atoms with Crippen LogP contribution in [0, 0.1) is 0 Å². The highest BCUT2D eigenvalue weighted by Crippen LogP contribution is 2.55. The fourth-order valence-corrected chi connectivity index (χ4v) is 6.48. The highest BCUT2D eigenvalue weighted by Gasteiger charge is 2.36. The highest BCUT2D eigenvalue weighted by atomic mass is 31.1. The molecule has 0 saturated heterocycles. The van der Waals surface area contributed by atoms with Crippen LogP contribution in [0.4, 0.5) is 0 Å². The minimum Gasteiger partial charge on any atom is -0.488 e. The Morgan fingerprint density at radius 2 is 1.27 bits per heavy atom. The summed E-state index contributed by atoms with van der Waals surface area (Å²) >= 11 is 0. The molecule has 30 heavy (non-hydrogen) atoms. The second-order valence-corrected chi connectivity index (χ2v) is 11.6. The minimum atomic E-state index is -0.433. The Morgan fingerprint density at radius 3 is 1.80 bits per heavy atom. The molecule has 4 aromatic rings. The average Bonchev–Trinajstić information content (AvgIpc) is 3.39. The Kier molecular flexibility index (Phi) is 4.76. The van der Waals surface area contributed by atoms with E-state index in [2.05, 4.69) is 116 Å². The van der Waals surface area contributed by atoms with Gasteiger partial charge in [-0.15, -0.1) is 0 Å². The third-order valence-corrected chi connectivity index (χ3v) is 8.66. The summed E-state index contributed by atoms with van der Waals surface area (Å²) in [6.45, 7) is 7.00. The molecule has 150 valence electrons. The molecule has 2 nitrogen and oxygen atoms in total. The van der Waals surface area contributed by atoms with Gasteiger partial charge in [0.2, 0.25) is 0 Å². The monoisotopic (exact) mass is 411 g/mol. The summed E-state index contributed by atoms with van der Waals surface area (Å²) in [7, 11) is -0.433. The highest BCUT2D eigenvalue weighted by molar-refractivity contribution is 7.67. The molecule has 0 unspecified atom stereocenters. The van der Waals surface area contributed by atoms with Crippen molar-refractivity contribution in [3.8, 4) is 34.0 Å². The van der Waals surface area contributed by atoms with Crippen LogP contribution in [0.2, 0.25) is 0 Å². The van der Waals surface area contributed by atoms with Crippen LogP contribution in [0.3, 0.4) is 0 Å². The molecule has 3 heteroatoms. The Hall–Kier alpha value is -2.83. The zero-order chi connectivity index (χ0) is 20.7. The molecule has 0 amide bonds. The summed E-state index contributed by atoms with van der Waals surface area (Å²) in [5.74, 6) is 1.04. The Balaban J connectivity index is 1.80. The molecule has 0 saturated carbocycles. The second kappa shape index (κ2) is 7.45. The topological polar surface area (TPSA) is 14.2 Å². The van der Waals surface area contributed by atoms with Gasteiger partial charge in [-0.2, -0.15) is 0 Å². The lowest BCUT2D eigenvalue weighted by atomic mass is 10.1. The van der Waals surface area contributed by atoms with Crippen LogP contribution in [0.25, 0.3) is 28.2 Å². The summed E-state index contributed by atoms with van der Waals surface area (Å²) in [5.41, 5.74) is 6.10. The second-order valence-electron chi connectivity index (χ2n) is 8.67. The van der Waals surface area contributed by atoms with Gasteiger partial charge in [-0.05, 0) is 48.5 Å². The first kappa shape index (κ1) is 19.2. The number of rotatable bonds is 3. The molecule has 1 aliphatic heterocycles. The van der Waals surface area contributed by atoms with E-state index in [4.69, 9.17) is 4.74 Å². The van der Waals surface area contributed by atoms with E-state index in [0.717, 1.165) is 12.1 Å². The van der Waals surface area contributed by atoms with Crippen molar-refractivity contribution >= 4 is 13.2 Å². The lowest BCUT2D eigenvalue weighted by Crippen LogP contribution is -2.21. The lowest BCUT2D eigenvalue weighted by Gasteiger charge is -2.28. The van der Waals surface area contributed by atoms with Crippen LogP contribution in [-0.2, 0) is 0 Å². The Bertz CT molecular complexity index is 1120. The maximum absolute atomic E-state index is 6.18.